The molecule has 0 spiro atoms. The molecule has 1 rings (SSSR count). The van der Waals surface area contributed by atoms with Gasteiger partial charge in [-0.05, 0) is 50.9 Å². The van der Waals surface area contributed by atoms with Crippen molar-refractivity contribution in [1.29, 1.82) is 0 Å². The number of amides is 1. The van der Waals surface area contributed by atoms with E-state index in [1.54, 1.807) is 7.11 Å². The first kappa shape index (κ1) is 23.2. The molecule has 6 nitrogen and oxygen atoms in total. The molecule has 0 aliphatic carbocycles. The number of nitrogens with zero attached hydrogens (tertiary/aromatic N) is 1. The summed E-state index contributed by atoms with van der Waals surface area (Å²) in [6.45, 7) is 11.1. The van der Waals surface area contributed by atoms with E-state index < -0.39 is 0 Å². The minimum atomic E-state index is -0.0836. The fraction of sp³-hybridized carbons (Fsp3) is 0.667. The number of benzene rings is 1. The van der Waals surface area contributed by atoms with Gasteiger partial charge in [-0.25, -0.2) is 0 Å². The zero-order valence-corrected chi connectivity index (χ0v) is 17.7. The van der Waals surface area contributed by atoms with E-state index in [0.717, 1.165) is 24.3 Å². The fourth-order valence-electron chi connectivity index (χ4n) is 2.92. The van der Waals surface area contributed by atoms with E-state index in [1.165, 1.54) is 0 Å². The molecule has 0 aromatic heterocycles. The minimum Gasteiger partial charge on any atom is -0.490 e. The molecule has 0 radical (unpaired) electrons. The van der Waals surface area contributed by atoms with E-state index in [-0.39, 0.29) is 17.9 Å². The Balaban J connectivity index is 2.82. The molecular weight excluding hydrogens is 344 g/mol. The van der Waals surface area contributed by atoms with Crippen molar-refractivity contribution in [2.45, 2.75) is 40.2 Å². The minimum absolute atomic E-state index is 0.0143. The third-order valence-electron chi connectivity index (χ3n) is 4.21. The fourth-order valence-corrected chi connectivity index (χ4v) is 2.92. The van der Waals surface area contributed by atoms with Gasteiger partial charge in [-0.2, -0.15) is 0 Å². The average Bonchev–Trinajstić information content (AvgIpc) is 2.61. The molecule has 1 atom stereocenters. The highest BCUT2D eigenvalue weighted by Gasteiger charge is 2.21. The lowest BCUT2D eigenvalue weighted by Crippen LogP contribution is -2.39. The van der Waals surface area contributed by atoms with Crippen LogP contribution in [0.4, 0.5) is 0 Å². The molecule has 1 aromatic carbocycles. The maximum absolute atomic E-state index is 12.5. The monoisotopic (exact) mass is 380 g/mol. The summed E-state index contributed by atoms with van der Waals surface area (Å²) in [6, 6.07) is 5.81. The molecule has 0 bridgehead atoms. The van der Waals surface area contributed by atoms with E-state index in [0.29, 0.717) is 32.1 Å². The third kappa shape index (κ3) is 8.18. The van der Waals surface area contributed by atoms with Crippen LogP contribution in [0.1, 0.15) is 45.7 Å². The zero-order valence-electron chi connectivity index (χ0n) is 17.7. The van der Waals surface area contributed by atoms with Gasteiger partial charge in [-0.15, -0.1) is 0 Å². The molecule has 0 heterocycles. The van der Waals surface area contributed by atoms with Crippen molar-refractivity contribution in [1.82, 2.24) is 10.2 Å². The Morgan fingerprint density at radius 2 is 1.81 bits per heavy atom. The van der Waals surface area contributed by atoms with Crippen molar-refractivity contribution in [3.63, 3.8) is 0 Å². The van der Waals surface area contributed by atoms with Gasteiger partial charge in [0, 0.05) is 20.3 Å². The molecule has 0 fully saturated rings. The normalized spacial score (nSPS) is 12.3. The smallest absolute Gasteiger partial charge is 0.234 e. The first-order valence-corrected chi connectivity index (χ1v) is 9.79. The van der Waals surface area contributed by atoms with Crippen LogP contribution in [0.5, 0.6) is 11.5 Å². The van der Waals surface area contributed by atoms with E-state index in [1.807, 2.05) is 44.0 Å². The zero-order chi connectivity index (χ0) is 20.2. The van der Waals surface area contributed by atoms with Crippen LogP contribution < -0.4 is 14.8 Å². The van der Waals surface area contributed by atoms with Crippen LogP contribution in [0.15, 0.2) is 18.2 Å². The predicted molar refractivity (Wildman–Crippen MR) is 108 cm³/mol. The van der Waals surface area contributed by atoms with Gasteiger partial charge in [-0.3, -0.25) is 9.69 Å². The maximum Gasteiger partial charge on any atom is 0.234 e. The van der Waals surface area contributed by atoms with Crippen molar-refractivity contribution < 1.29 is 19.0 Å². The number of rotatable bonds is 13. The Hall–Kier alpha value is -1.79. The van der Waals surface area contributed by atoms with Crippen LogP contribution in [0.2, 0.25) is 0 Å². The third-order valence-corrected chi connectivity index (χ3v) is 4.21. The molecule has 1 amide bonds. The van der Waals surface area contributed by atoms with Crippen LogP contribution in [0, 0.1) is 5.92 Å². The lowest BCUT2D eigenvalue weighted by Gasteiger charge is -2.25. The van der Waals surface area contributed by atoms with Crippen LogP contribution in [-0.2, 0) is 9.53 Å². The standard InChI is InChI=1S/C21H36N2O4/c1-7-26-18-11-10-17(14-19(18)27-8-2)21(16(3)4)22-20(24)15-23(5)12-9-13-25-6/h10-11,14,16,21H,7-9,12-13,15H2,1-6H3,(H,22,24). The molecule has 0 aliphatic heterocycles. The average molecular weight is 381 g/mol. The summed E-state index contributed by atoms with van der Waals surface area (Å²) < 4.78 is 16.4. The molecule has 6 heteroatoms. The number of hydrogen-bond donors (Lipinski definition) is 1. The number of carbonyl (C=O) groups is 1. The first-order chi connectivity index (χ1) is 12.9. The Labute approximate surface area is 164 Å². The van der Waals surface area contributed by atoms with Gasteiger partial charge < -0.3 is 19.5 Å². The second kappa shape index (κ2) is 12.6. The van der Waals surface area contributed by atoms with E-state index >= 15 is 0 Å². The molecule has 0 aliphatic rings. The number of methoxy groups -OCH3 is 1. The highest BCUT2D eigenvalue weighted by molar-refractivity contribution is 5.78. The van der Waals surface area contributed by atoms with Gasteiger partial charge in [0.2, 0.25) is 5.91 Å². The van der Waals surface area contributed by atoms with Gasteiger partial charge >= 0.3 is 0 Å². The largest absolute Gasteiger partial charge is 0.490 e. The van der Waals surface area contributed by atoms with Crippen molar-refractivity contribution in [3.8, 4) is 11.5 Å². The Kier molecular flexibility index (Phi) is 10.8. The summed E-state index contributed by atoms with van der Waals surface area (Å²) in [6.07, 6.45) is 0.907. The Morgan fingerprint density at radius 1 is 1.15 bits per heavy atom. The summed E-state index contributed by atoms with van der Waals surface area (Å²) in [5.41, 5.74) is 1.02. The van der Waals surface area contributed by atoms with E-state index in [4.69, 9.17) is 14.2 Å². The van der Waals surface area contributed by atoms with Gasteiger partial charge in [-0.1, -0.05) is 19.9 Å². The molecule has 154 valence electrons. The van der Waals surface area contributed by atoms with Gasteiger partial charge in [0.1, 0.15) is 0 Å². The Morgan fingerprint density at radius 3 is 2.41 bits per heavy atom. The molecule has 1 aromatic rings. The topological polar surface area (TPSA) is 60.0 Å². The van der Waals surface area contributed by atoms with Crippen molar-refractivity contribution in [2.24, 2.45) is 5.92 Å². The van der Waals surface area contributed by atoms with Gasteiger partial charge in [0.05, 0.1) is 25.8 Å². The molecule has 27 heavy (non-hydrogen) atoms. The SMILES string of the molecule is CCOc1ccc(C(NC(=O)CN(C)CCCOC)C(C)C)cc1OCC. The molecule has 1 N–H and O–H groups in total. The van der Waals surface area contributed by atoms with E-state index in [2.05, 4.69) is 19.2 Å². The number of hydrogen-bond acceptors (Lipinski definition) is 5. The molecule has 1 unspecified atom stereocenters. The molecule has 0 saturated carbocycles. The number of likely N-dealkylation sites (N-methyl/N-ethyl adjacent to an activating group) is 1. The van der Waals surface area contributed by atoms with E-state index in [9.17, 15) is 4.79 Å². The quantitative estimate of drug-likeness (QED) is 0.532. The predicted octanol–water partition coefficient (Wildman–Crippen LogP) is 3.27. The lowest BCUT2D eigenvalue weighted by atomic mass is 9.95. The van der Waals surface area contributed by atoms with Crippen LogP contribution in [-0.4, -0.2) is 57.9 Å². The second-order valence-corrected chi connectivity index (χ2v) is 6.95. The number of ether oxygens (including phenoxy) is 3. The number of nitrogens with one attached hydrogen (secondary N) is 1. The molecule has 0 saturated heterocycles. The van der Waals surface area contributed by atoms with Crippen LogP contribution >= 0.6 is 0 Å². The summed E-state index contributed by atoms with van der Waals surface area (Å²) in [5.74, 6) is 1.71. The van der Waals surface area contributed by atoms with Crippen molar-refractivity contribution >= 4 is 5.91 Å². The first-order valence-electron chi connectivity index (χ1n) is 9.79. The lowest BCUT2D eigenvalue weighted by molar-refractivity contribution is -0.123. The number of carbonyl (C=O) groups excluding carboxylic acids is 1. The van der Waals surface area contributed by atoms with Crippen LogP contribution in [0.25, 0.3) is 0 Å². The summed E-state index contributed by atoms with van der Waals surface area (Å²) in [7, 11) is 3.64. The summed E-state index contributed by atoms with van der Waals surface area (Å²) in [5, 5.41) is 3.17. The van der Waals surface area contributed by atoms with Crippen molar-refractivity contribution in [3.05, 3.63) is 23.8 Å². The van der Waals surface area contributed by atoms with Gasteiger partial charge in [0.25, 0.3) is 0 Å². The molecular formula is C21H36N2O4. The van der Waals surface area contributed by atoms with Gasteiger partial charge in [0.15, 0.2) is 11.5 Å². The highest BCUT2D eigenvalue weighted by Crippen LogP contribution is 2.32. The second-order valence-electron chi connectivity index (χ2n) is 6.95. The highest BCUT2D eigenvalue weighted by atomic mass is 16.5. The van der Waals surface area contributed by atoms with Crippen LogP contribution in [0.3, 0.4) is 0 Å². The maximum atomic E-state index is 12.5. The summed E-state index contributed by atoms with van der Waals surface area (Å²) in [4.78, 5) is 14.5. The Bertz CT molecular complexity index is 563. The summed E-state index contributed by atoms with van der Waals surface area (Å²) >= 11 is 0. The van der Waals surface area contributed by atoms with Crippen molar-refractivity contribution in [2.75, 3.05) is 47.1 Å².